The number of carbonyl (C=O) groups is 2. The first kappa shape index (κ1) is 23.9. The maximum atomic E-state index is 13.1. The lowest BCUT2D eigenvalue weighted by atomic mass is 9.97. The number of methoxy groups -OCH3 is 2. The molecule has 2 N–H and O–H groups in total. The zero-order valence-corrected chi connectivity index (χ0v) is 18.8. The molecular weight excluding hydrogens is 400 g/mol. The molecule has 0 spiro atoms. The molecule has 1 heterocycles. The number of benzene rings is 1. The molecule has 0 bridgehead atoms. The molecule has 2 aromatic rings. The highest BCUT2D eigenvalue weighted by molar-refractivity contribution is 5.99. The van der Waals surface area contributed by atoms with Gasteiger partial charge in [-0.25, -0.2) is 0 Å². The number of para-hydroxylation sites is 1. The zero-order chi connectivity index (χ0) is 23.0. The molecule has 1 aromatic carbocycles. The van der Waals surface area contributed by atoms with Crippen molar-refractivity contribution in [1.82, 2.24) is 20.6 Å². The van der Waals surface area contributed by atoms with E-state index in [4.69, 9.17) is 14.2 Å². The van der Waals surface area contributed by atoms with E-state index in [1.807, 2.05) is 27.7 Å². The summed E-state index contributed by atoms with van der Waals surface area (Å²) in [4.78, 5) is 33.9. The number of nitrogens with one attached hydrogen (secondary N) is 2. The van der Waals surface area contributed by atoms with Gasteiger partial charge in [-0.2, -0.15) is 9.97 Å². The van der Waals surface area contributed by atoms with Gasteiger partial charge in [0.25, 0.3) is 5.91 Å². The van der Waals surface area contributed by atoms with E-state index < -0.39 is 11.9 Å². The summed E-state index contributed by atoms with van der Waals surface area (Å²) in [7, 11) is 2.92. The summed E-state index contributed by atoms with van der Waals surface area (Å²) in [6, 6.07) is 7.42. The Morgan fingerprint density at radius 2 is 1.61 bits per heavy atom. The molecule has 0 radical (unpaired) electrons. The Morgan fingerprint density at radius 3 is 2.16 bits per heavy atom. The fourth-order valence-electron chi connectivity index (χ4n) is 2.78. The first-order chi connectivity index (χ1) is 14.8. The molecule has 0 aliphatic rings. The molecule has 0 saturated carbocycles. The van der Waals surface area contributed by atoms with Crippen molar-refractivity contribution in [2.45, 2.75) is 46.2 Å². The van der Waals surface area contributed by atoms with Crippen LogP contribution in [0, 0.1) is 5.92 Å². The zero-order valence-electron chi connectivity index (χ0n) is 18.8. The highest BCUT2D eigenvalue weighted by atomic mass is 16.5. The Kier molecular flexibility index (Phi) is 8.60. The smallest absolute Gasteiger partial charge is 0.328 e. The number of aromatic nitrogens is 2. The van der Waals surface area contributed by atoms with E-state index in [1.165, 1.54) is 20.3 Å². The van der Waals surface area contributed by atoms with Crippen LogP contribution in [0.4, 0.5) is 0 Å². The van der Waals surface area contributed by atoms with Crippen LogP contribution in [-0.2, 0) is 4.79 Å². The number of ether oxygens (including phenoxy) is 3. The second-order valence-electron chi connectivity index (χ2n) is 7.33. The first-order valence-electron chi connectivity index (χ1n) is 10.1. The highest BCUT2D eigenvalue weighted by Gasteiger charge is 2.27. The predicted molar refractivity (Wildman–Crippen MR) is 116 cm³/mol. The van der Waals surface area contributed by atoms with E-state index in [2.05, 4.69) is 20.6 Å². The Labute approximate surface area is 182 Å². The van der Waals surface area contributed by atoms with Crippen LogP contribution in [0.5, 0.6) is 23.5 Å². The van der Waals surface area contributed by atoms with Gasteiger partial charge in [0, 0.05) is 6.04 Å². The molecule has 0 saturated heterocycles. The van der Waals surface area contributed by atoms with Crippen LogP contribution in [0.1, 0.15) is 44.5 Å². The van der Waals surface area contributed by atoms with Crippen LogP contribution < -0.4 is 24.8 Å². The van der Waals surface area contributed by atoms with Gasteiger partial charge < -0.3 is 24.8 Å². The van der Waals surface area contributed by atoms with Crippen LogP contribution in [0.15, 0.2) is 30.3 Å². The summed E-state index contributed by atoms with van der Waals surface area (Å²) in [5.41, 5.74) is 0.249. The first-order valence-corrected chi connectivity index (χ1v) is 10.1. The molecule has 9 nitrogen and oxygen atoms in total. The minimum absolute atomic E-state index is 0.0347. The second kappa shape index (κ2) is 11.1. The van der Waals surface area contributed by atoms with E-state index in [0.29, 0.717) is 0 Å². The molecule has 168 valence electrons. The Morgan fingerprint density at radius 1 is 1.00 bits per heavy atom. The minimum atomic E-state index is -0.680. The Hall–Kier alpha value is -3.36. The quantitative estimate of drug-likeness (QED) is 0.596. The largest absolute Gasteiger partial charge is 0.481 e. The van der Waals surface area contributed by atoms with Gasteiger partial charge in [-0.15, -0.1) is 0 Å². The number of hydrogen-bond donors (Lipinski definition) is 2. The van der Waals surface area contributed by atoms with Gasteiger partial charge in [-0.05, 0) is 31.9 Å². The Bertz CT molecular complexity index is 881. The standard InChI is InChI=1S/C22H30N4O5/c1-7-14(4)19(21(28)23-13(2)3)26-20(27)15-10-8-9-11-16(15)31-22-24-17(29-5)12-18(25-22)30-6/h8-14,19H,7H2,1-6H3,(H,23,28)(H,26,27)/t14?,19-/m0/s1. The molecule has 0 aliphatic heterocycles. The molecule has 1 unspecified atom stereocenters. The summed E-state index contributed by atoms with van der Waals surface area (Å²) in [5, 5.41) is 5.70. The fraction of sp³-hybridized carbons (Fsp3) is 0.455. The van der Waals surface area contributed by atoms with Crippen molar-refractivity contribution in [2.24, 2.45) is 5.92 Å². The third kappa shape index (κ3) is 6.56. The van der Waals surface area contributed by atoms with E-state index in [1.54, 1.807) is 24.3 Å². The lowest BCUT2D eigenvalue weighted by molar-refractivity contribution is -0.124. The van der Waals surface area contributed by atoms with Gasteiger partial charge in [-0.1, -0.05) is 32.4 Å². The van der Waals surface area contributed by atoms with Crippen molar-refractivity contribution in [2.75, 3.05) is 14.2 Å². The van der Waals surface area contributed by atoms with Crippen molar-refractivity contribution in [3.8, 4) is 23.5 Å². The number of nitrogens with zero attached hydrogens (tertiary/aromatic N) is 2. The average molecular weight is 431 g/mol. The van der Waals surface area contributed by atoms with Crippen LogP contribution in [-0.4, -0.2) is 48.1 Å². The van der Waals surface area contributed by atoms with Crippen LogP contribution in [0.25, 0.3) is 0 Å². The van der Waals surface area contributed by atoms with Crippen molar-refractivity contribution in [3.05, 3.63) is 35.9 Å². The monoisotopic (exact) mass is 430 g/mol. The molecule has 2 rings (SSSR count). The van der Waals surface area contributed by atoms with Gasteiger partial charge >= 0.3 is 6.01 Å². The third-order valence-electron chi connectivity index (χ3n) is 4.62. The average Bonchev–Trinajstić information content (AvgIpc) is 2.76. The molecule has 2 atom stereocenters. The number of hydrogen-bond acceptors (Lipinski definition) is 7. The summed E-state index contributed by atoms with van der Waals surface area (Å²) in [6.07, 6.45) is 0.728. The van der Waals surface area contributed by atoms with Gasteiger partial charge in [0.1, 0.15) is 11.8 Å². The van der Waals surface area contributed by atoms with E-state index in [9.17, 15) is 9.59 Å². The minimum Gasteiger partial charge on any atom is -0.481 e. The maximum Gasteiger partial charge on any atom is 0.328 e. The van der Waals surface area contributed by atoms with Gasteiger partial charge in [0.15, 0.2) is 0 Å². The molecule has 9 heteroatoms. The summed E-state index contributed by atoms with van der Waals surface area (Å²) >= 11 is 0. The molecule has 2 amide bonds. The molecule has 31 heavy (non-hydrogen) atoms. The lowest BCUT2D eigenvalue weighted by Crippen LogP contribution is -2.51. The fourth-order valence-corrected chi connectivity index (χ4v) is 2.78. The van der Waals surface area contributed by atoms with Gasteiger partial charge in [-0.3, -0.25) is 9.59 Å². The van der Waals surface area contributed by atoms with Crippen molar-refractivity contribution >= 4 is 11.8 Å². The maximum absolute atomic E-state index is 13.1. The topological polar surface area (TPSA) is 112 Å². The van der Waals surface area contributed by atoms with Crippen LogP contribution in [0.2, 0.25) is 0 Å². The second-order valence-corrected chi connectivity index (χ2v) is 7.33. The highest BCUT2D eigenvalue weighted by Crippen LogP contribution is 2.26. The molecular formula is C22H30N4O5. The summed E-state index contributed by atoms with van der Waals surface area (Å²) in [6.45, 7) is 7.64. The molecule has 1 aromatic heterocycles. The van der Waals surface area contributed by atoms with Gasteiger partial charge in [0.2, 0.25) is 17.7 Å². The van der Waals surface area contributed by atoms with Crippen molar-refractivity contribution in [1.29, 1.82) is 0 Å². The third-order valence-corrected chi connectivity index (χ3v) is 4.62. The van der Waals surface area contributed by atoms with E-state index in [-0.39, 0.29) is 47.0 Å². The number of carbonyl (C=O) groups excluding carboxylic acids is 2. The number of amides is 2. The normalized spacial score (nSPS) is 12.6. The summed E-state index contributed by atoms with van der Waals surface area (Å²) < 4.78 is 16.0. The van der Waals surface area contributed by atoms with Crippen molar-refractivity contribution in [3.63, 3.8) is 0 Å². The van der Waals surface area contributed by atoms with Crippen LogP contribution >= 0.6 is 0 Å². The summed E-state index contributed by atoms with van der Waals surface area (Å²) in [5.74, 6) is 0.0350. The van der Waals surface area contributed by atoms with Crippen LogP contribution in [0.3, 0.4) is 0 Å². The van der Waals surface area contributed by atoms with Gasteiger partial charge in [0.05, 0.1) is 25.8 Å². The van der Waals surface area contributed by atoms with Crippen molar-refractivity contribution < 1.29 is 23.8 Å². The van der Waals surface area contributed by atoms with E-state index >= 15 is 0 Å². The lowest BCUT2D eigenvalue weighted by Gasteiger charge is -2.25. The van der Waals surface area contributed by atoms with E-state index in [0.717, 1.165) is 6.42 Å². The number of rotatable bonds is 10. The Balaban J connectivity index is 2.29. The molecule has 0 fully saturated rings. The SMILES string of the molecule is CCC(C)[C@H](NC(=O)c1ccccc1Oc1nc(OC)cc(OC)n1)C(=O)NC(C)C. The predicted octanol–water partition coefficient (Wildman–Crippen LogP) is 2.96. The molecule has 0 aliphatic carbocycles.